The Morgan fingerprint density at radius 1 is 1.16 bits per heavy atom. The first kappa shape index (κ1) is 15.7. The van der Waals surface area contributed by atoms with Gasteiger partial charge >= 0.3 is 0 Å². The van der Waals surface area contributed by atoms with Gasteiger partial charge in [-0.1, -0.05) is 56.5 Å². The molecule has 0 saturated heterocycles. The average molecular weight is 260 g/mol. The number of hydrogen-bond acceptors (Lipinski definition) is 3. The first-order chi connectivity index (χ1) is 9.23. The second kappa shape index (κ2) is 8.68. The molecule has 0 heterocycles. The minimum Gasteiger partial charge on any atom is -0.381 e. The fourth-order valence-corrected chi connectivity index (χ4v) is 1.97. The van der Waals surface area contributed by atoms with Gasteiger partial charge in [0.1, 0.15) is 5.54 Å². The number of unbranched alkanes of at least 4 members (excludes halogenated alkanes) is 3. The van der Waals surface area contributed by atoms with Crippen LogP contribution in [0, 0.1) is 11.3 Å². The van der Waals surface area contributed by atoms with Crippen LogP contribution in [-0.2, 0) is 10.3 Å². The van der Waals surface area contributed by atoms with Crippen molar-refractivity contribution in [3.63, 3.8) is 0 Å². The molecule has 1 unspecified atom stereocenters. The Morgan fingerprint density at radius 2 is 1.89 bits per heavy atom. The molecular weight excluding hydrogens is 236 g/mol. The molecule has 1 aromatic rings. The molecule has 0 aliphatic carbocycles. The highest BCUT2D eigenvalue weighted by atomic mass is 16.5. The summed E-state index contributed by atoms with van der Waals surface area (Å²) in [5.41, 5.74) is 6.05. The van der Waals surface area contributed by atoms with Crippen molar-refractivity contribution >= 4 is 0 Å². The van der Waals surface area contributed by atoms with E-state index in [4.69, 9.17) is 10.5 Å². The molecule has 104 valence electrons. The van der Waals surface area contributed by atoms with Crippen LogP contribution in [-0.4, -0.2) is 13.2 Å². The third-order valence-electron chi connectivity index (χ3n) is 3.27. The average Bonchev–Trinajstić information content (AvgIpc) is 2.47. The van der Waals surface area contributed by atoms with E-state index in [1.165, 1.54) is 19.3 Å². The molecule has 0 fully saturated rings. The minimum absolute atomic E-state index is 0.529. The summed E-state index contributed by atoms with van der Waals surface area (Å²) in [6.07, 6.45) is 5.31. The summed E-state index contributed by atoms with van der Waals surface area (Å²) in [7, 11) is 0. The number of nitriles is 1. The van der Waals surface area contributed by atoms with Crippen LogP contribution in [0.1, 0.15) is 44.6 Å². The van der Waals surface area contributed by atoms with E-state index in [0.717, 1.165) is 18.6 Å². The molecule has 0 saturated carbocycles. The normalized spacial score (nSPS) is 13.7. The number of nitrogens with two attached hydrogens (primary N) is 1. The molecule has 1 rings (SSSR count). The summed E-state index contributed by atoms with van der Waals surface area (Å²) >= 11 is 0. The summed E-state index contributed by atoms with van der Waals surface area (Å²) in [4.78, 5) is 0. The second-order valence-corrected chi connectivity index (χ2v) is 4.87. The summed E-state index contributed by atoms with van der Waals surface area (Å²) in [6, 6.07) is 11.7. The lowest BCUT2D eigenvalue weighted by Gasteiger charge is -2.21. The molecule has 0 spiro atoms. The lowest BCUT2D eigenvalue weighted by Crippen LogP contribution is -2.36. The Hall–Kier alpha value is -1.37. The monoisotopic (exact) mass is 260 g/mol. The third-order valence-corrected chi connectivity index (χ3v) is 3.27. The summed E-state index contributed by atoms with van der Waals surface area (Å²) in [5, 5.41) is 9.28. The van der Waals surface area contributed by atoms with Gasteiger partial charge in [0.25, 0.3) is 0 Å². The van der Waals surface area contributed by atoms with Gasteiger partial charge in [0.15, 0.2) is 0 Å². The van der Waals surface area contributed by atoms with Gasteiger partial charge in [0, 0.05) is 19.6 Å². The maximum atomic E-state index is 9.28. The Bertz CT molecular complexity index is 385. The summed E-state index contributed by atoms with van der Waals surface area (Å²) in [5.74, 6) is 0. The van der Waals surface area contributed by atoms with Crippen LogP contribution in [0.2, 0.25) is 0 Å². The van der Waals surface area contributed by atoms with E-state index in [-0.39, 0.29) is 0 Å². The van der Waals surface area contributed by atoms with E-state index in [1.54, 1.807) is 0 Å². The smallest absolute Gasteiger partial charge is 0.132 e. The molecule has 1 atom stereocenters. The van der Waals surface area contributed by atoms with E-state index in [2.05, 4.69) is 13.0 Å². The largest absolute Gasteiger partial charge is 0.381 e. The van der Waals surface area contributed by atoms with Gasteiger partial charge in [-0.15, -0.1) is 0 Å². The van der Waals surface area contributed by atoms with Crippen molar-refractivity contribution in [3.05, 3.63) is 35.9 Å². The van der Waals surface area contributed by atoms with Crippen LogP contribution in [0.3, 0.4) is 0 Å². The molecular formula is C16H24N2O. The predicted octanol–water partition coefficient (Wildman–Crippen LogP) is 3.35. The summed E-state index contributed by atoms with van der Waals surface area (Å²) < 4.78 is 5.57. The number of rotatable bonds is 9. The van der Waals surface area contributed by atoms with Crippen molar-refractivity contribution in [1.29, 1.82) is 5.26 Å². The van der Waals surface area contributed by atoms with Crippen LogP contribution >= 0.6 is 0 Å². The third kappa shape index (κ3) is 5.42. The lowest BCUT2D eigenvalue weighted by molar-refractivity contribution is 0.117. The molecule has 3 heteroatoms. The van der Waals surface area contributed by atoms with Gasteiger partial charge in [-0.25, -0.2) is 0 Å². The zero-order valence-electron chi connectivity index (χ0n) is 11.8. The predicted molar refractivity (Wildman–Crippen MR) is 77.5 cm³/mol. The zero-order chi connectivity index (χ0) is 14.0. The van der Waals surface area contributed by atoms with Crippen molar-refractivity contribution in [1.82, 2.24) is 0 Å². The molecule has 19 heavy (non-hydrogen) atoms. The van der Waals surface area contributed by atoms with Crippen LogP contribution in [0.25, 0.3) is 0 Å². The Balaban J connectivity index is 2.32. The van der Waals surface area contributed by atoms with Gasteiger partial charge < -0.3 is 10.5 Å². The van der Waals surface area contributed by atoms with Crippen molar-refractivity contribution in [2.45, 2.75) is 44.6 Å². The molecule has 2 N–H and O–H groups in total. The Labute approximate surface area is 116 Å². The van der Waals surface area contributed by atoms with Crippen molar-refractivity contribution < 1.29 is 4.74 Å². The van der Waals surface area contributed by atoms with Gasteiger partial charge in [-0.2, -0.15) is 5.26 Å². The topological polar surface area (TPSA) is 59.0 Å². The van der Waals surface area contributed by atoms with Gasteiger partial charge in [-0.3, -0.25) is 0 Å². The van der Waals surface area contributed by atoms with Crippen molar-refractivity contribution in [2.24, 2.45) is 5.73 Å². The molecule has 0 bridgehead atoms. The van der Waals surface area contributed by atoms with Crippen molar-refractivity contribution in [2.75, 3.05) is 13.2 Å². The highest BCUT2D eigenvalue weighted by molar-refractivity contribution is 5.30. The highest BCUT2D eigenvalue weighted by Crippen LogP contribution is 2.21. The number of hydrogen-bond donors (Lipinski definition) is 1. The van der Waals surface area contributed by atoms with Crippen LogP contribution in [0.4, 0.5) is 0 Å². The number of nitrogens with zero attached hydrogens (tertiary/aromatic N) is 1. The fraction of sp³-hybridized carbons (Fsp3) is 0.562. The van der Waals surface area contributed by atoms with E-state index in [9.17, 15) is 5.26 Å². The zero-order valence-corrected chi connectivity index (χ0v) is 11.8. The lowest BCUT2D eigenvalue weighted by atomic mass is 9.89. The maximum absolute atomic E-state index is 9.28. The summed E-state index contributed by atoms with van der Waals surface area (Å²) in [6.45, 7) is 3.48. The van der Waals surface area contributed by atoms with E-state index < -0.39 is 5.54 Å². The first-order valence-electron chi connectivity index (χ1n) is 7.06. The molecule has 0 aliphatic rings. The first-order valence-corrected chi connectivity index (χ1v) is 7.06. The molecule has 0 amide bonds. The van der Waals surface area contributed by atoms with E-state index in [1.807, 2.05) is 30.3 Å². The quantitative estimate of drug-likeness (QED) is 0.693. The van der Waals surface area contributed by atoms with Crippen LogP contribution in [0.5, 0.6) is 0 Å². The fourth-order valence-electron chi connectivity index (χ4n) is 1.97. The number of benzene rings is 1. The maximum Gasteiger partial charge on any atom is 0.132 e. The van der Waals surface area contributed by atoms with Gasteiger partial charge in [0.2, 0.25) is 0 Å². The number of ether oxygens (including phenoxy) is 1. The minimum atomic E-state index is -0.940. The van der Waals surface area contributed by atoms with Gasteiger partial charge in [0.05, 0.1) is 6.07 Å². The molecule has 1 aromatic carbocycles. The Kier molecular flexibility index (Phi) is 7.17. The second-order valence-electron chi connectivity index (χ2n) is 4.87. The molecule has 3 nitrogen and oxygen atoms in total. The SMILES string of the molecule is CCCCCCOCCC(N)(C#N)c1ccccc1. The van der Waals surface area contributed by atoms with E-state index in [0.29, 0.717) is 13.0 Å². The Morgan fingerprint density at radius 3 is 2.53 bits per heavy atom. The van der Waals surface area contributed by atoms with Crippen molar-refractivity contribution in [3.8, 4) is 6.07 Å². The van der Waals surface area contributed by atoms with E-state index >= 15 is 0 Å². The van der Waals surface area contributed by atoms with Gasteiger partial charge in [-0.05, 0) is 12.0 Å². The molecule has 0 radical (unpaired) electrons. The standard InChI is InChI=1S/C16H24N2O/c1-2-3-4-8-12-19-13-11-16(18,14-17)15-9-6-5-7-10-15/h5-7,9-10H,2-4,8,11-13,18H2,1H3. The highest BCUT2D eigenvalue weighted by Gasteiger charge is 2.26. The van der Waals surface area contributed by atoms with Crippen LogP contribution in [0.15, 0.2) is 30.3 Å². The molecule has 0 aromatic heterocycles. The van der Waals surface area contributed by atoms with Crippen LogP contribution < -0.4 is 5.73 Å². The molecule has 0 aliphatic heterocycles.